The number of aromatic nitrogens is 2. The summed E-state index contributed by atoms with van der Waals surface area (Å²) in [5.74, 6) is 0.273. The molecular weight excluding hydrogens is 348 g/mol. The molecule has 1 amide bonds. The fourth-order valence-corrected chi connectivity index (χ4v) is 2.73. The van der Waals surface area contributed by atoms with E-state index in [0.717, 1.165) is 35.7 Å². The molecule has 1 aromatic carbocycles. The van der Waals surface area contributed by atoms with E-state index in [0.29, 0.717) is 19.6 Å². The van der Waals surface area contributed by atoms with E-state index in [2.05, 4.69) is 20.2 Å². The van der Waals surface area contributed by atoms with Gasteiger partial charge in [0.05, 0.1) is 13.2 Å². The number of guanidine groups is 1. The zero-order valence-corrected chi connectivity index (χ0v) is 14.9. The zero-order chi connectivity index (χ0) is 19.1. The topological polar surface area (TPSA) is 126 Å². The van der Waals surface area contributed by atoms with Crippen molar-refractivity contribution >= 4 is 18.0 Å². The van der Waals surface area contributed by atoms with Gasteiger partial charge in [-0.05, 0) is 16.7 Å². The van der Waals surface area contributed by atoms with Crippen molar-refractivity contribution in [1.29, 1.82) is 5.41 Å². The highest BCUT2D eigenvalue weighted by Crippen LogP contribution is 2.14. The van der Waals surface area contributed by atoms with E-state index >= 15 is 0 Å². The van der Waals surface area contributed by atoms with Gasteiger partial charge in [-0.1, -0.05) is 24.3 Å². The molecule has 1 saturated heterocycles. The Morgan fingerprint density at radius 3 is 2.63 bits per heavy atom. The van der Waals surface area contributed by atoms with Gasteiger partial charge in [-0.15, -0.1) is 0 Å². The predicted octanol–water partition coefficient (Wildman–Crippen LogP) is 1.02. The first-order valence-corrected chi connectivity index (χ1v) is 8.59. The highest BCUT2D eigenvalue weighted by molar-refractivity contribution is 5.90. The molecule has 1 fully saturated rings. The van der Waals surface area contributed by atoms with E-state index in [1.165, 1.54) is 0 Å². The standard InChI is InChI=1S/C18H22N6O3/c19-16(20)23-18(25)27-12-14-3-1-2-13(8-14)9-15-10-21-17(22-11-15)24-4-6-26-7-5-24/h1-3,8,10-11H,4-7,9,12H2,(H4,19,20,23,25). The third kappa shape index (κ3) is 5.65. The molecule has 1 aromatic heterocycles. The molecule has 0 bridgehead atoms. The Balaban J connectivity index is 1.57. The largest absolute Gasteiger partial charge is 0.444 e. The maximum Gasteiger partial charge on any atom is 0.414 e. The summed E-state index contributed by atoms with van der Waals surface area (Å²) in [6.07, 6.45) is 3.60. The van der Waals surface area contributed by atoms with Crippen LogP contribution in [-0.4, -0.2) is 48.3 Å². The smallest absolute Gasteiger partial charge is 0.414 e. The number of hydrogen-bond donors (Lipinski definition) is 3. The highest BCUT2D eigenvalue weighted by Gasteiger charge is 2.13. The Hall–Kier alpha value is -3.20. The average molecular weight is 370 g/mol. The lowest BCUT2D eigenvalue weighted by Crippen LogP contribution is -2.37. The van der Waals surface area contributed by atoms with Crippen LogP contribution in [0.5, 0.6) is 0 Å². The number of nitrogens with two attached hydrogens (primary N) is 1. The fourth-order valence-electron chi connectivity index (χ4n) is 2.73. The van der Waals surface area contributed by atoms with Crippen molar-refractivity contribution in [2.75, 3.05) is 31.2 Å². The number of amides is 1. The van der Waals surface area contributed by atoms with Crippen molar-refractivity contribution in [3.8, 4) is 0 Å². The number of ether oxygens (including phenoxy) is 2. The minimum Gasteiger partial charge on any atom is -0.444 e. The molecular formula is C18H22N6O3. The molecule has 2 aromatic rings. The van der Waals surface area contributed by atoms with Crippen molar-refractivity contribution in [2.45, 2.75) is 13.0 Å². The summed E-state index contributed by atoms with van der Waals surface area (Å²) in [4.78, 5) is 22.4. The second-order valence-electron chi connectivity index (χ2n) is 6.10. The monoisotopic (exact) mass is 370 g/mol. The summed E-state index contributed by atoms with van der Waals surface area (Å²) in [6, 6.07) is 7.72. The molecule has 9 nitrogen and oxygen atoms in total. The number of alkyl carbamates (subject to hydrolysis) is 1. The lowest BCUT2D eigenvalue weighted by molar-refractivity contribution is 0.122. The van der Waals surface area contributed by atoms with Crippen molar-refractivity contribution in [3.63, 3.8) is 0 Å². The third-order valence-electron chi connectivity index (χ3n) is 3.99. The van der Waals surface area contributed by atoms with Crippen molar-refractivity contribution < 1.29 is 14.3 Å². The summed E-state index contributed by atoms with van der Waals surface area (Å²) < 4.78 is 10.4. The van der Waals surface area contributed by atoms with Crippen LogP contribution < -0.4 is 16.0 Å². The molecule has 142 valence electrons. The number of nitrogens with zero attached hydrogens (tertiary/aromatic N) is 3. The van der Waals surface area contributed by atoms with Gasteiger partial charge < -0.3 is 20.1 Å². The second kappa shape index (κ2) is 8.95. The SMILES string of the molecule is N=C(N)NC(=O)OCc1cccc(Cc2cnc(N3CCOCC3)nc2)c1. The predicted molar refractivity (Wildman–Crippen MR) is 99.5 cm³/mol. The van der Waals surface area contributed by atoms with Crippen molar-refractivity contribution in [3.05, 3.63) is 53.3 Å². The van der Waals surface area contributed by atoms with Crippen LogP contribution in [0.25, 0.3) is 0 Å². The van der Waals surface area contributed by atoms with Gasteiger partial charge in [0.15, 0.2) is 5.96 Å². The Labute approximate surface area is 157 Å². The van der Waals surface area contributed by atoms with E-state index < -0.39 is 12.1 Å². The summed E-state index contributed by atoms with van der Waals surface area (Å²) in [5.41, 5.74) is 7.99. The molecule has 4 N–H and O–H groups in total. The molecule has 1 aliphatic heterocycles. The minimum absolute atomic E-state index is 0.0966. The van der Waals surface area contributed by atoms with Gasteiger partial charge in [-0.25, -0.2) is 14.8 Å². The first kappa shape index (κ1) is 18.6. The number of rotatable bonds is 5. The molecule has 0 aliphatic carbocycles. The number of anilines is 1. The molecule has 0 unspecified atom stereocenters. The Morgan fingerprint density at radius 2 is 1.93 bits per heavy atom. The number of carbonyl (C=O) groups excluding carboxylic acids is 1. The fraction of sp³-hybridized carbons (Fsp3) is 0.333. The van der Waals surface area contributed by atoms with E-state index in [1.807, 2.05) is 36.7 Å². The maximum absolute atomic E-state index is 11.4. The van der Waals surface area contributed by atoms with Crippen molar-refractivity contribution in [2.24, 2.45) is 5.73 Å². The molecule has 1 aliphatic rings. The molecule has 0 atom stereocenters. The lowest BCUT2D eigenvalue weighted by atomic mass is 10.1. The van der Waals surface area contributed by atoms with E-state index in [1.54, 1.807) is 0 Å². The van der Waals surface area contributed by atoms with E-state index in [4.69, 9.17) is 20.6 Å². The summed E-state index contributed by atoms with van der Waals surface area (Å²) in [5, 5.41) is 9.06. The van der Waals surface area contributed by atoms with Gasteiger partial charge >= 0.3 is 6.09 Å². The van der Waals surface area contributed by atoms with Crippen molar-refractivity contribution in [1.82, 2.24) is 15.3 Å². The van der Waals surface area contributed by atoms with Crippen LogP contribution in [0.2, 0.25) is 0 Å². The first-order valence-electron chi connectivity index (χ1n) is 8.59. The van der Waals surface area contributed by atoms with E-state index in [-0.39, 0.29) is 6.61 Å². The van der Waals surface area contributed by atoms with Gasteiger partial charge in [-0.3, -0.25) is 10.7 Å². The van der Waals surface area contributed by atoms with Crippen LogP contribution in [0, 0.1) is 5.41 Å². The van der Waals surface area contributed by atoms with Crippen LogP contribution in [0.15, 0.2) is 36.7 Å². The quantitative estimate of drug-likeness (QED) is 0.530. The van der Waals surface area contributed by atoms with Crippen LogP contribution in [0.3, 0.4) is 0 Å². The molecule has 9 heteroatoms. The Morgan fingerprint density at radius 1 is 1.22 bits per heavy atom. The second-order valence-corrected chi connectivity index (χ2v) is 6.10. The summed E-state index contributed by atoms with van der Waals surface area (Å²) in [6.45, 7) is 3.10. The number of hydrogen-bond acceptors (Lipinski definition) is 7. The molecule has 0 radical (unpaired) electrons. The summed E-state index contributed by atoms with van der Waals surface area (Å²) >= 11 is 0. The number of carbonyl (C=O) groups is 1. The van der Waals surface area contributed by atoms with Gasteiger partial charge in [0, 0.05) is 31.9 Å². The normalized spacial score (nSPS) is 13.9. The van der Waals surface area contributed by atoms with Gasteiger partial charge in [0.2, 0.25) is 5.95 Å². The Bertz CT molecular complexity index is 790. The summed E-state index contributed by atoms with van der Waals surface area (Å²) in [7, 11) is 0. The van der Waals surface area contributed by atoms with Gasteiger partial charge in [0.1, 0.15) is 6.61 Å². The van der Waals surface area contributed by atoms with Crippen LogP contribution in [0.1, 0.15) is 16.7 Å². The molecule has 27 heavy (non-hydrogen) atoms. The van der Waals surface area contributed by atoms with Gasteiger partial charge in [-0.2, -0.15) is 0 Å². The number of benzene rings is 1. The average Bonchev–Trinajstić information content (AvgIpc) is 2.67. The lowest BCUT2D eigenvalue weighted by Gasteiger charge is -2.26. The van der Waals surface area contributed by atoms with E-state index in [9.17, 15) is 4.79 Å². The first-order chi connectivity index (χ1) is 13.1. The molecule has 0 saturated carbocycles. The third-order valence-corrected chi connectivity index (χ3v) is 3.99. The van der Waals surface area contributed by atoms with Crippen LogP contribution in [-0.2, 0) is 22.5 Å². The number of nitrogens with one attached hydrogen (secondary N) is 2. The van der Waals surface area contributed by atoms with Crippen LogP contribution in [0.4, 0.5) is 10.7 Å². The minimum atomic E-state index is -0.750. The van der Waals surface area contributed by atoms with Crippen LogP contribution >= 0.6 is 0 Å². The van der Waals surface area contributed by atoms with Gasteiger partial charge in [0.25, 0.3) is 0 Å². The number of morpholine rings is 1. The molecule has 2 heterocycles. The zero-order valence-electron chi connectivity index (χ0n) is 14.9. The molecule has 3 rings (SSSR count). The Kier molecular flexibility index (Phi) is 6.16. The molecule has 0 spiro atoms. The maximum atomic E-state index is 11.4. The highest BCUT2D eigenvalue weighted by atomic mass is 16.5.